The Morgan fingerprint density at radius 1 is 1.32 bits per heavy atom. The van der Waals surface area contributed by atoms with Gasteiger partial charge < -0.3 is 19.7 Å². The molecule has 1 N–H and O–H groups in total. The van der Waals surface area contributed by atoms with Crippen LogP contribution in [0.3, 0.4) is 0 Å². The van der Waals surface area contributed by atoms with Crippen molar-refractivity contribution < 1.29 is 14.3 Å². The molecular weight excluding hydrogens is 244 g/mol. The van der Waals surface area contributed by atoms with E-state index in [0.717, 1.165) is 52.0 Å². The molecular formula is C14H22N2O3. The normalized spacial score (nSPS) is 44.4. The third-order valence-electron chi connectivity index (χ3n) is 5.33. The van der Waals surface area contributed by atoms with Crippen LogP contribution in [-0.2, 0) is 9.47 Å². The molecule has 0 aliphatic carbocycles. The van der Waals surface area contributed by atoms with E-state index in [9.17, 15) is 4.79 Å². The fourth-order valence-electron chi connectivity index (χ4n) is 4.12. The Morgan fingerprint density at radius 2 is 2.26 bits per heavy atom. The molecule has 0 aromatic carbocycles. The molecule has 4 rings (SSSR count). The van der Waals surface area contributed by atoms with Crippen molar-refractivity contribution in [1.29, 1.82) is 0 Å². The first-order valence-corrected chi connectivity index (χ1v) is 7.53. The summed E-state index contributed by atoms with van der Waals surface area (Å²) in [5.41, 5.74) is 0.253. The van der Waals surface area contributed by atoms with E-state index >= 15 is 0 Å². The molecule has 0 saturated carbocycles. The van der Waals surface area contributed by atoms with E-state index in [0.29, 0.717) is 6.10 Å². The van der Waals surface area contributed by atoms with Gasteiger partial charge in [0.15, 0.2) is 0 Å². The number of urea groups is 1. The van der Waals surface area contributed by atoms with Gasteiger partial charge in [-0.25, -0.2) is 4.79 Å². The summed E-state index contributed by atoms with van der Waals surface area (Å²) in [6.45, 7) is 3.42. The molecule has 4 fully saturated rings. The maximum atomic E-state index is 12.3. The van der Waals surface area contributed by atoms with Gasteiger partial charge in [0.05, 0.1) is 24.9 Å². The van der Waals surface area contributed by atoms with Crippen LogP contribution in [0.15, 0.2) is 0 Å². The third kappa shape index (κ3) is 2.03. The Hall–Kier alpha value is -0.810. The van der Waals surface area contributed by atoms with Gasteiger partial charge in [0.2, 0.25) is 0 Å². The fraction of sp³-hybridized carbons (Fsp3) is 0.929. The van der Waals surface area contributed by atoms with Gasteiger partial charge in [-0.2, -0.15) is 0 Å². The number of hydrogen-bond donors (Lipinski definition) is 1. The number of rotatable bonds is 1. The molecule has 1 spiro atoms. The molecule has 4 aliphatic heterocycles. The van der Waals surface area contributed by atoms with Crippen LogP contribution in [0.25, 0.3) is 0 Å². The van der Waals surface area contributed by atoms with Crippen LogP contribution in [0.4, 0.5) is 4.79 Å². The standard InChI is InChI=1S/C14H22N2O3/c17-13(15-11-7-10-1-2-12(11)19-10)16-5-3-14(8-16)4-6-18-9-14/h10-12H,1-9H2,(H,15,17)/t10-,11+,12-,14+/m1/s1. The number of likely N-dealkylation sites (tertiary alicyclic amines) is 1. The van der Waals surface area contributed by atoms with E-state index in [1.807, 2.05) is 4.90 Å². The molecule has 0 aromatic heterocycles. The smallest absolute Gasteiger partial charge is 0.317 e. The van der Waals surface area contributed by atoms with Crippen molar-refractivity contribution in [3.63, 3.8) is 0 Å². The van der Waals surface area contributed by atoms with Crippen molar-refractivity contribution in [2.75, 3.05) is 26.3 Å². The predicted octanol–water partition coefficient (Wildman–Crippen LogP) is 1.13. The third-order valence-corrected chi connectivity index (χ3v) is 5.33. The molecule has 5 nitrogen and oxygen atoms in total. The van der Waals surface area contributed by atoms with Crippen molar-refractivity contribution in [3.05, 3.63) is 0 Å². The molecule has 4 atom stereocenters. The van der Waals surface area contributed by atoms with Crippen molar-refractivity contribution in [2.45, 2.75) is 50.4 Å². The van der Waals surface area contributed by atoms with Gasteiger partial charge in [-0.15, -0.1) is 0 Å². The second kappa shape index (κ2) is 4.35. The number of fused-ring (bicyclic) bond motifs is 2. The monoisotopic (exact) mass is 266 g/mol. The highest BCUT2D eigenvalue weighted by Crippen LogP contribution is 2.38. The van der Waals surface area contributed by atoms with Gasteiger partial charge in [-0.3, -0.25) is 0 Å². The first kappa shape index (κ1) is 12.0. The number of nitrogens with zero attached hydrogens (tertiary/aromatic N) is 1. The second-order valence-electron chi connectivity index (χ2n) is 6.64. The topological polar surface area (TPSA) is 50.8 Å². The molecule has 19 heavy (non-hydrogen) atoms. The Balaban J connectivity index is 1.34. The van der Waals surface area contributed by atoms with Crippen molar-refractivity contribution in [3.8, 4) is 0 Å². The van der Waals surface area contributed by atoms with E-state index < -0.39 is 0 Å². The number of amides is 2. The first-order valence-electron chi connectivity index (χ1n) is 7.53. The molecule has 4 saturated heterocycles. The van der Waals surface area contributed by atoms with Crippen LogP contribution in [-0.4, -0.2) is 55.5 Å². The zero-order chi connectivity index (χ0) is 12.9. The molecule has 0 aromatic rings. The summed E-state index contributed by atoms with van der Waals surface area (Å²) >= 11 is 0. The van der Waals surface area contributed by atoms with Gasteiger partial charge in [0.25, 0.3) is 0 Å². The molecule has 4 aliphatic rings. The van der Waals surface area contributed by atoms with E-state index in [-0.39, 0.29) is 23.6 Å². The van der Waals surface area contributed by atoms with Gasteiger partial charge >= 0.3 is 6.03 Å². The summed E-state index contributed by atoms with van der Waals surface area (Å²) < 4.78 is 11.3. The largest absolute Gasteiger partial charge is 0.381 e. The van der Waals surface area contributed by atoms with E-state index in [2.05, 4.69) is 5.32 Å². The highest BCUT2D eigenvalue weighted by Gasteiger charge is 2.45. The van der Waals surface area contributed by atoms with Crippen LogP contribution in [0, 0.1) is 5.41 Å². The molecule has 4 heterocycles. The summed E-state index contributed by atoms with van der Waals surface area (Å²) in [6.07, 6.45) is 6.12. The number of ether oxygens (including phenoxy) is 2. The number of nitrogens with one attached hydrogen (secondary N) is 1. The lowest BCUT2D eigenvalue weighted by molar-refractivity contribution is 0.0970. The minimum atomic E-state index is 0.102. The van der Waals surface area contributed by atoms with Crippen molar-refractivity contribution >= 4 is 6.03 Å². The summed E-state index contributed by atoms with van der Waals surface area (Å²) in [5, 5.41) is 3.18. The van der Waals surface area contributed by atoms with Crippen LogP contribution >= 0.6 is 0 Å². The number of hydrogen-bond acceptors (Lipinski definition) is 3. The maximum Gasteiger partial charge on any atom is 0.317 e. The summed E-state index contributed by atoms with van der Waals surface area (Å²) in [4.78, 5) is 14.3. The predicted molar refractivity (Wildman–Crippen MR) is 68.9 cm³/mol. The quantitative estimate of drug-likeness (QED) is 0.774. The Labute approximate surface area is 113 Å². The lowest BCUT2D eigenvalue weighted by Crippen LogP contribution is -2.48. The lowest BCUT2D eigenvalue weighted by Gasteiger charge is -2.26. The van der Waals surface area contributed by atoms with E-state index in [4.69, 9.17) is 9.47 Å². The van der Waals surface area contributed by atoms with Gasteiger partial charge in [-0.05, 0) is 32.1 Å². The van der Waals surface area contributed by atoms with Gasteiger partial charge in [-0.1, -0.05) is 0 Å². The average Bonchev–Trinajstić information content (AvgIpc) is 3.16. The van der Waals surface area contributed by atoms with E-state index in [1.165, 1.54) is 6.42 Å². The zero-order valence-electron chi connectivity index (χ0n) is 11.3. The van der Waals surface area contributed by atoms with Gasteiger partial charge in [0.1, 0.15) is 0 Å². The van der Waals surface area contributed by atoms with Crippen molar-refractivity contribution in [1.82, 2.24) is 10.2 Å². The van der Waals surface area contributed by atoms with Crippen molar-refractivity contribution in [2.24, 2.45) is 5.41 Å². The second-order valence-corrected chi connectivity index (χ2v) is 6.64. The zero-order valence-corrected chi connectivity index (χ0v) is 11.3. The number of carbonyl (C=O) groups is 1. The van der Waals surface area contributed by atoms with E-state index in [1.54, 1.807) is 0 Å². The Morgan fingerprint density at radius 3 is 2.95 bits per heavy atom. The minimum absolute atomic E-state index is 0.102. The van der Waals surface area contributed by atoms with Crippen LogP contribution in [0.2, 0.25) is 0 Å². The highest BCUT2D eigenvalue weighted by atomic mass is 16.5. The SMILES string of the molecule is O=C(N[C@H]1C[C@H]2CC[C@H]1O2)N1CC[C@]2(CCOC2)C1. The molecule has 2 amide bonds. The molecule has 5 heteroatoms. The molecule has 0 radical (unpaired) electrons. The number of carbonyl (C=O) groups excluding carboxylic acids is 1. The van der Waals surface area contributed by atoms with Crippen LogP contribution in [0.5, 0.6) is 0 Å². The van der Waals surface area contributed by atoms with Crippen LogP contribution in [0.1, 0.15) is 32.1 Å². The summed E-state index contributed by atoms with van der Waals surface area (Å²) in [5.74, 6) is 0. The fourth-order valence-corrected chi connectivity index (χ4v) is 4.12. The Bertz CT molecular complexity index is 381. The molecule has 106 valence electrons. The summed E-state index contributed by atoms with van der Waals surface area (Å²) in [7, 11) is 0. The molecule has 2 bridgehead atoms. The van der Waals surface area contributed by atoms with Gasteiger partial charge in [0, 0.05) is 25.1 Å². The highest BCUT2D eigenvalue weighted by molar-refractivity contribution is 5.75. The summed E-state index contributed by atoms with van der Waals surface area (Å²) in [6, 6.07) is 0.340. The lowest BCUT2D eigenvalue weighted by atomic mass is 9.87. The minimum Gasteiger partial charge on any atom is -0.381 e. The Kier molecular flexibility index (Phi) is 2.74. The molecule has 0 unspecified atom stereocenters. The first-order chi connectivity index (χ1) is 9.24. The van der Waals surface area contributed by atoms with Crippen LogP contribution < -0.4 is 5.32 Å². The average molecular weight is 266 g/mol. The maximum absolute atomic E-state index is 12.3.